The van der Waals surface area contributed by atoms with Crippen molar-refractivity contribution in [1.82, 2.24) is 0 Å². The van der Waals surface area contributed by atoms with Crippen LogP contribution >= 0.6 is 15.9 Å². The van der Waals surface area contributed by atoms with E-state index in [-0.39, 0.29) is 24.0 Å². The highest BCUT2D eigenvalue weighted by molar-refractivity contribution is 9.10. The van der Waals surface area contributed by atoms with Gasteiger partial charge in [-0.2, -0.15) is 8.78 Å². The molecule has 2 amide bonds. The number of carbonyl (C=O) groups is 2. The first-order chi connectivity index (χ1) is 12.4. The molecule has 1 saturated heterocycles. The third kappa shape index (κ3) is 4.37. The molecule has 3 rings (SSSR count). The highest BCUT2D eigenvalue weighted by Crippen LogP contribution is 2.27. The van der Waals surface area contributed by atoms with Crippen LogP contribution in [-0.2, 0) is 9.59 Å². The maximum atomic E-state index is 12.4. The van der Waals surface area contributed by atoms with Gasteiger partial charge in [0.05, 0.1) is 5.92 Å². The maximum Gasteiger partial charge on any atom is 0.387 e. The van der Waals surface area contributed by atoms with Gasteiger partial charge in [-0.3, -0.25) is 9.59 Å². The quantitative estimate of drug-likeness (QED) is 0.787. The van der Waals surface area contributed by atoms with Crippen molar-refractivity contribution >= 4 is 39.1 Å². The van der Waals surface area contributed by atoms with Crippen molar-refractivity contribution in [3.05, 3.63) is 53.0 Å². The van der Waals surface area contributed by atoms with E-state index >= 15 is 0 Å². The Morgan fingerprint density at radius 3 is 2.42 bits per heavy atom. The van der Waals surface area contributed by atoms with Crippen molar-refractivity contribution in [1.29, 1.82) is 0 Å². The number of halogens is 3. The summed E-state index contributed by atoms with van der Waals surface area (Å²) >= 11 is 3.34. The number of hydrogen-bond acceptors (Lipinski definition) is 3. The van der Waals surface area contributed by atoms with Crippen molar-refractivity contribution in [2.24, 2.45) is 5.92 Å². The summed E-state index contributed by atoms with van der Waals surface area (Å²) in [6, 6.07) is 12.9. The minimum absolute atomic E-state index is 0.00968. The van der Waals surface area contributed by atoms with Crippen molar-refractivity contribution in [2.45, 2.75) is 13.0 Å². The van der Waals surface area contributed by atoms with Gasteiger partial charge in [0, 0.05) is 28.8 Å². The van der Waals surface area contributed by atoms with E-state index in [0.29, 0.717) is 12.2 Å². The lowest BCUT2D eigenvalue weighted by Crippen LogP contribution is -2.28. The van der Waals surface area contributed by atoms with E-state index in [0.717, 1.165) is 10.2 Å². The first kappa shape index (κ1) is 18.3. The van der Waals surface area contributed by atoms with Gasteiger partial charge in [0.25, 0.3) is 0 Å². The Labute approximate surface area is 157 Å². The minimum Gasteiger partial charge on any atom is -0.435 e. The molecule has 2 aromatic carbocycles. The van der Waals surface area contributed by atoms with Crippen molar-refractivity contribution in [2.75, 3.05) is 16.8 Å². The molecule has 0 radical (unpaired) electrons. The predicted octanol–water partition coefficient (Wildman–Crippen LogP) is 4.04. The second kappa shape index (κ2) is 7.82. The fourth-order valence-corrected chi connectivity index (χ4v) is 2.98. The van der Waals surface area contributed by atoms with Crippen LogP contribution in [0.5, 0.6) is 5.75 Å². The Balaban J connectivity index is 1.62. The van der Waals surface area contributed by atoms with Gasteiger partial charge in [0.15, 0.2) is 0 Å². The van der Waals surface area contributed by atoms with Crippen molar-refractivity contribution < 1.29 is 23.1 Å². The zero-order valence-corrected chi connectivity index (χ0v) is 15.1. The highest BCUT2D eigenvalue weighted by atomic mass is 79.9. The van der Waals surface area contributed by atoms with Crippen LogP contribution in [0.3, 0.4) is 0 Å². The third-order valence-corrected chi connectivity index (χ3v) is 4.51. The molecule has 0 saturated carbocycles. The molecule has 1 unspecified atom stereocenters. The lowest BCUT2D eigenvalue weighted by molar-refractivity contribution is -0.122. The number of nitrogens with one attached hydrogen (secondary N) is 1. The number of hydrogen-bond donors (Lipinski definition) is 1. The Morgan fingerprint density at radius 1 is 1.15 bits per heavy atom. The van der Waals surface area contributed by atoms with Gasteiger partial charge in [-0.1, -0.05) is 15.9 Å². The van der Waals surface area contributed by atoms with Crippen LogP contribution in [0.25, 0.3) is 0 Å². The number of alkyl halides is 2. The molecule has 0 aliphatic carbocycles. The zero-order valence-electron chi connectivity index (χ0n) is 13.5. The number of benzene rings is 2. The summed E-state index contributed by atoms with van der Waals surface area (Å²) in [5, 5.41) is 2.70. The molecule has 1 atom stereocenters. The van der Waals surface area contributed by atoms with Crippen molar-refractivity contribution in [3.63, 3.8) is 0 Å². The molecule has 0 aromatic heterocycles. The number of ether oxygens (including phenoxy) is 1. The van der Waals surface area contributed by atoms with Gasteiger partial charge in [0.2, 0.25) is 11.8 Å². The van der Waals surface area contributed by atoms with Crippen LogP contribution < -0.4 is 15.0 Å². The lowest BCUT2D eigenvalue weighted by atomic mass is 10.1. The molecule has 5 nitrogen and oxygen atoms in total. The van der Waals surface area contributed by atoms with Crippen LogP contribution in [0.2, 0.25) is 0 Å². The van der Waals surface area contributed by atoms with E-state index < -0.39 is 12.5 Å². The van der Waals surface area contributed by atoms with E-state index in [9.17, 15) is 18.4 Å². The molecule has 1 N–H and O–H groups in total. The summed E-state index contributed by atoms with van der Waals surface area (Å²) in [7, 11) is 0. The van der Waals surface area contributed by atoms with Gasteiger partial charge in [-0.25, -0.2) is 0 Å². The second-order valence-corrected chi connectivity index (χ2v) is 6.69. The Hall–Kier alpha value is -2.48. The Kier molecular flexibility index (Phi) is 5.51. The molecule has 1 fully saturated rings. The minimum atomic E-state index is -2.90. The summed E-state index contributed by atoms with van der Waals surface area (Å²) in [6.07, 6.45) is 0.120. The van der Waals surface area contributed by atoms with Gasteiger partial charge in [0.1, 0.15) is 5.75 Å². The number of amides is 2. The van der Waals surface area contributed by atoms with Crippen LogP contribution in [0, 0.1) is 5.92 Å². The Bertz CT molecular complexity index is 797. The molecule has 8 heteroatoms. The molecular weight excluding hydrogens is 410 g/mol. The first-order valence-electron chi connectivity index (χ1n) is 7.84. The van der Waals surface area contributed by atoms with E-state index in [1.807, 2.05) is 24.3 Å². The SMILES string of the molecule is O=C(Nc1ccc(OC(F)F)cc1)C1CC(=O)N(c2ccc(Br)cc2)C1. The van der Waals surface area contributed by atoms with Gasteiger partial charge < -0.3 is 15.0 Å². The van der Waals surface area contributed by atoms with Crippen LogP contribution in [0.1, 0.15) is 6.42 Å². The van der Waals surface area contributed by atoms with Crippen LogP contribution in [0.4, 0.5) is 20.2 Å². The smallest absolute Gasteiger partial charge is 0.387 e. The van der Waals surface area contributed by atoms with Gasteiger partial charge in [-0.15, -0.1) is 0 Å². The topological polar surface area (TPSA) is 58.6 Å². The van der Waals surface area contributed by atoms with Crippen molar-refractivity contribution in [3.8, 4) is 5.75 Å². The fraction of sp³-hybridized carbons (Fsp3) is 0.222. The van der Waals surface area contributed by atoms with E-state index in [2.05, 4.69) is 26.0 Å². The lowest BCUT2D eigenvalue weighted by Gasteiger charge is -2.17. The standard InChI is InChI=1S/C18H15BrF2N2O3/c19-12-1-5-14(6-2-12)23-10-11(9-16(23)24)17(25)22-13-3-7-15(8-4-13)26-18(20)21/h1-8,11,18H,9-10H2,(H,22,25). The van der Waals surface area contributed by atoms with E-state index in [4.69, 9.17) is 0 Å². The second-order valence-electron chi connectivity index (χ2n) is 5.77. The normalized spacial score (nSPS) is 16.8. The number of nitrogens with zero attached hydrogens (tertiary/aromatic N) is 1. The van der Waals surface area contributed by atoms with Crippen LogP contribution in [0.15, 0.2) is 53.0 Å². The van der Waals surface area contributed by atoms with E-state index in [1.54, 1.807) is 4.90 Å². The average Bonchev–Trinajstić information content (AvgIpc) is 2.99. The van der Waals surface area contributed by atoms with Gasteiger partial charge in [-0.05, 0) is 48.5 Å². The first-order valence-corrected chi connectivity index (χ1v) is 8.63. The summed E-state index contributed by atoms with van der Waals surface area (Å²) in [5.41, 5.74) is 1.19. The number of carbonyl (C=O) groups excluding carboxylic acids is 2. The Morgan fingerprint density at radius 2 is 1.81 bits per heavy atom. The molecule has 0 spiro atoms. The van der Waals surface area contributed by atoms with Crippen LogP contribution in [-0.4, -0.2) is 25.0 Å². The summed E-state index contributed by atoms with van der Waals surface area (Å²) in [5.74, 6) is -0.882. The summed E-state index contributed by atoms with van der Waals surface area (Å²) < 4.78 is 29.4. The predicted molar refractivity (Wildman–Crippen MR) is 96.3 cm³/mol. The third-order valence-electron chi connectivity index (χ3n) is 3.98. The highest BCUT2D eigenvalue weighted by Gasteiger charge is 2.35. The molecule has 136 valence electrons. The number of rotatable bonds is 5. The molecular formula is C18H15BrF2N2O3. The molecule has 0 bridgehead atoms. The maximum absolute atomic E-state index is 12.4. The summed E-state index contributed by atoms with van der Waals surface area (Å²) in [4.78, 5) is 26.2. The fourth-order valence-electron chi connectivity index (χ4n) is 2.72. The molecule has 1 aliphatic heterocycles. The van der Waals surface area contributed by atoms with E-state index in [1.165, 1.54) is 24.3 Å². The summed E-state index contributed by atoms with van der Waals surface area (Å²) in [6.45, 7) is -2.61. The average molecular weight is 425 g/mol. The number of anilines is 2. The van der Waals surface area contributed by atoms with Gasteiger partial charge >= 0.3 is 6.61 Å². The largest absolute Gasteiger partial charge is 0.435 e. The zero-order chi connectivity index (χ0) is 18.7. The molecule has 26 heavy (non-hydrogen) atoms. The monoisotopic (exact) mass is 424 g/mol. The molecule has 2 aromatic rings. The molecule has 1 heterocycles. The molecule has 1 aliphatic rings.